The number of fused-ring (bicyclic) bond motifs is 7. The van der Waals surface area contributed by atoms with Gasteiger partial charge in [0.2, 0.25) is 0 Å². The van der Waals surface area contributed by atoms with Gasteiger partial charge in [-0.25, -0.2) is 9.97 Å². The van der Waals surface area contributed by atoms with Crippen LogP contribution in [-0.2, 0) is 0 Å². The minimum atomic E-state index is 0.707. The molecule has 3 aromatic heterocycles. The van der Waals surface area contributed by atoms with Crippen LogP contribution in [0, 0.1) is 0 Å². The Hall–Kier alpha value is -7.30. The van der Waals surface area contributed by atoms with Gasteiger partial charge in [0.05, 0.1) is 27.9 Å². The third-order valence-corrected chi connectivity index (χ3v) is 10.7. The highest BCUT2D eigenvalue weighted by atomic mass is 15.1. The van der Waals surface area contributed by atoms with E-state index in [2.05, 4.69) is 203 Å². The van der Waals surface area contributed by atoms with Gasteiger partial charge in [-0.1, -0.05) is 152 Å². The number of aromatic nitrogens is 4. The van der Waals surface area contributed by atoms with Crippen LogP contribution in [0.3, 0.4) is 0 Å². The third kappa shape index (κ3) is 4.70. The molecule has 0 unspecified atom stereocenters. The van der Waals surface area contributed by atoms with E-state index in [1.54, 1.807) is 0 Å². The van der Waals surface area contributed by atoms with E-state index in [0.29, 0.717) is 5.82 Å². The summed E-state index contributed by atoms with van der Waals surface area (Å²) in [4.78, 5) is 10.7. The predicted octanol–water partition coefficient (Wildman–Crippen LogP) is 12.8. The molecule has 0 spiro atoms. The van der Waals surface area contributed by atoms with E-state index in [9.17, 15) is 0 Å². The van der Waals surface area contributed by atoms with Gasteiger partial charge in [-0.05, 0) is 69.6 Å². The van der Waals surface area contributed by atoms with Crippen molar-refractivity contribution >= 4 is 49.1 Å². The van der Waals surface area contributed by atoms with Gasteiger partial charge in [-0.2, -0.15) is 0 Å². The summed E-state index contributed by atoms with van der Waals surface area (Å²) < 4.78 is 4.82. The Morgan fingerprint density at radius 3 is 1.70 bits per heavy atom. The summed E-state index contributed by atoms with van der Waals surface area (Å²) in [5.41, 5.74) is 13.0. The first-order valence-electron chi connectivity index (χ1n) is 18.3. The molecule has 0 bridgehead atoms. The van der Waals surface area contributed by atoms with Crippen molar-refractivity contribution in [2.24, 2.45) is 0 Å². The molecule has 0 saturated carbocycles. The Morgan fingerprint density at radius 2 is 0.926 bits per heavy atom. The van der Waals surface area contributed by atoms with E-state index in [1.165, 1.54) is 32.8 Å². The lowest BCUT2D eigenvalue weighted by Crippen LogP contribution is -1.97. The summed E-state index contributed by atoms with van der Waals surface area (Å²) >= 11 is 0. The normalized spacial score (nSPS) is 11.7. The van der Waals surface area contributed by atoms with E-state index in [0.717, 1.165) is 61.3 Å². The largest absolute Gasteiger partial charge is 0.293 e. The van der Waals surface area contributed by atoms with E-state index in [1.807, 2.05) is 0 Å². The summed E-state index contributed by atoms with van der Waals surface area (Å²) in [6.45, 7) is 0. The lowest BCUT2D eigenvalue weighted by atomic mass is 9.98. The quantitative estimate of drug-likeness (QED) is 0.180. The van der Waals surface area contributed by atoms with Crippen molar-refractivity contribution < 1.29 is 0 Å². The summed E-state index contributed by atoms with van der Waals surface area (Å²) in [6, 6.07) is 69.0. The molecule has 8 aromatic carbocycles. The Bertz CT molecular complexity index is 3120. The topological polar surface area (TPSA) is 35.1 Å². The molecule has 0 amide bonds. The molecule has 11 aromatic rings. The Labute approximate surface area is 311 Å². The van der Waals surface area contributed by atoms with Crippen LogP contribution in [0.4, 0.5) is 0 Å². The molecule has 0 N–H and O–H groups in total. The molecular weight excluding hydrogens is 657 g/mol. The van der Waals surface area contributed by atoms with Crippen molar-refractivity contribution in [1.29, 1.82) is 0 Å². The van der Waals surface area contributed by atoms with E-state index >= 15 is 0 Å². The zero-order valence-corrected chi connectivity index (χ0v) is 29.3. The fraction of sp³-hybridized carbons (Fsp3) is 0. The highest BCUT2D eigenvalue weighted by molar-refractivity contribution is 6.09. The fourth-order valence-electron chi connectivity index (χ4n) is 8.32. The SMILES string of the molecule is c1ccc(-n2c3ccccc3n3c4ccccc4c(-c4cccc(-c5cc(-c6cccc7ccccc67)nc(-c6cccc7ccccc67)n5)c4)c23)cc1. The minimum Gasteiger partial charge on any atom is -0.293 e. The van der Waals surface area contributed by atoms with Crippen LogP contribution >= 0.6 is 0 Å². The predicted molar refractivity (Wildman–Crippen MR) is 224 cm³/mol. The fourth-order valence-corrected chi connectivity index (χ4v) is 8.32. The van der Waals surface area contributed by atoms with Crippen molar-refractivity contribution in [3.8, 4) is 50.7 Å². The second kappa shape index (κ2) is 12.1. The number of imidazole rings is 1. The molecule has 0 aliphatic carbocycles. The highest BCUT2D eigenvalue weighted by Crippen LogP contribution is 2.42. The number of para-hydroxylation sites is 4. The summed E-state index contributed by atoms with van der Waals surface area (Å²) in [5.74, 6) is 0.707. The molecule has 3 heterocycles. The molecule has 0 aliphatic rings. The number of hydrogen-bond acceptors (Lipinski definition) is 2. The van der Waals surface area contributed by atoms with Gasteiger partial charge >= 0.3 is 0 Å². The standard InChI is InChI=1S/C50H32N4/c1-2-21-37(22-3-1)53-46-29-10-11-30-47(46)54-45-28-9-8-25-42(45)48(50(53)54)36-20-12-19-35(31-36)43-32-44(40-26-13-17-33-15-4-6-23-38(33)40)52-49(51-43)41-27-14-18-34-16-5-7-24-39(34)41/h1-32H. The van der Waals surface area contributed by atoms with Gasteiger partial charge < -0.3 is 0 Å². The average molecular weight is 689 g/mol. The lowest BCUT2D eigenvalue weighted by Gasteiger charge is -2.13. The Balaban J connectivity index is 1.18. The smallest absolute Gasteiger partial charge is 0.161 e. The van der Waals surface area contributed by atoms with Crippen molar-refractivity contribution in [1.82, 2.24) is 18.9 Å². The Kier molecular flexibility index (Phi) is 6.82. The van der Waals surface area contributed by atoms with E-state index < -0.39 is 0 Å². The minimum absolute atomic E-state index is 0.707. The van der Waals surface area contributed by atoms with Gasteiger partial charge in [-0.15, -0.1) is 0 Å². The van der Waals surface area contributed by atoms with Crippen molar-refractivity contribution in [2.75, 3.05) is 0 Å². The van der Waals surface area contributed by atoms with Crippen LogP contribution < -0.4 is 0 Å². The molecule has 0 aliphatic heterocycles. The van der Waals surface area contributed by atoms with Gasteiger partial charge in [0.1, 0.15) is 5.65 Å². The van der Waals surface area contributed by atoms with Gasteiger partial charge in [0.25, 0.3) is 0 Å². The third-order valence-electron chi connectivity index (χ3n) is 10.7. The second-order valence-corrected chi connectivity index (χ2v) is 13.8. The maximum absolute atomic E-state index is 5.36. The zero-order chi connectivity index (χ0) is 35.6. The first kappa shape index (κ1) is 30.3. The van der Waals surface area contributed by atoms with Crippen molar-refractivity contribution in [3.63, 3.8) is 0 Å². The molecule has 4 heteroatoms. The number of nitrogens with zero attached hydrogens (tertiary/aromatic N) is 4. The molecule has 0 saturated heterocycles. The number of hydrogen-bond donors (Lipinski definition) is 0. The van der Waals surface area contributed by atoms with E-state index in [4.69, 9.17) is 9.97 Å². The average Bonchev–Trinajstić information content (AvgIpc) is 3.76. The zero-order valence-electron chi connectivity index (χ0n) is 29.3. The molecule has 0 radical (unpaired) electrons. The van der Waals surface area contributed by atoms with Crippen LogP contribution in [0.15, 0.2) is 194 Å². The van der Waals surface area contributed by atoms with Crippen LogP contribution in [0.5, 0.6) is 0 Å². The molecular formula is C50H32N4. The molecule has 4 nitrogen and oxygen atoms in total. The van der Waals surface area contributed by atoms with Crippen LogP contribution in [0.2, 0.25) is 0 Å². The van der Waals surface area contributed by atoms with Gasteiger partial charge in [-0.3, -0.25) is 8.97 Å². The molecule has 11 rings (SSSR count). The first-order chi connectivity index (χ1) is 26.8. The molecule has 0 atom stereocenters. The number of rotatable bonds is 5. The Morgan fingerprint density at radius 1 is 0.370 bits per heavy atom. The maximum Gasteiger partial charge on any atom is 0.161 e. The van der Waals surface area contributed by atoms with Crippen LogP contribution in [-0.4, -0.2) is 18.9 Å². The molecule has 252 valence electrons. The number of benzene rings is 8. The molecule has 0 fully saturated rings. The lowest BCUT2D eigenvalue weighted by molar-refractivity contribution is 1.15. The summed E-state index contributed by atoms with van der Waals surface area (Å²) in [7, 11) is 0. The maximum atomic E-state index is 5.36. The van der Waals surface area contributed by atoms with Crippen LogP contribution in [0.1, 0.15) is 0 Å². The van der Waals surface area contributed by atoms with Gasteiger partial charge in [0, 0.05) is 33.3 Å². The summed E-state index contributed by atoms with van der Waals surface area (Å²) in [6.07, 6.45) is 0. The van der Waals surface area contributed by atoms with Crippen molar-refractivity contribution in [3.05, 3.63) is 194 Å². The van der Waals surface area contributed by atoms with Crippen molar-refractivity contribution in [2.45, 2.75) is 0 Å². The highest BCUT2D eigenvalue weighted by Gasteiger charge is 2.23. The summed E-state index contributed by atoms with van der Waals surface area (Å²) in [5, 5.41) is 5.85. The monoisotopic (exact) mass is 688 g/mol. The van der Waals surface area contributed by atoms with E-state index in [-0.39, 0.29) is 0 Å². The first-order valence-corrected chi connectivity index (χ1v) is 18.3. The van der Waals surface area contributed by atoms with Crippen LogP contribution in [0.25, 0.3) is 99.8 Å². The van der Waals surface area contributed by atoms with Gasteiger partial charge in [0.15, 0.2) is 5.82 Å². The molecule has 54 heavy (non-hydrogen) atoms. The second-order valence-electron chi connectivity index (χ2n) is 13.8.